The predicted molar refractivity (Wildman–Crippen MR) is 74.3 cm³/mol. The van der Waals surface area contributed by atoms with E-state index in [2.05, 4.69) is 10.2 Å². The van der Waals surface area contributed by atoms with Crippen molar-refractivity contribution in [1.29, 1.82) is 0 Å². The Balaban J connectivity index is 1.65. The molecule has 3 aromatic rings. The van der Waals surface area contributed by atoms with Crippen LogP contribution in [-0.2, 0) is 11.3 Å². The van der Waals surface area contributed by atoms with Crippen LogP contribution in [0.5, 0.6) is 0 Å². The van der Waals surface area contributed by atoms with Crippen molar-refractivity contribution in [2.24, 2.45) is 0 Å². The first kappa shape index (κ1) is 13.7. The fraction of sp³-hybridized carbons (Fsp3) is 0.0667. The van der Waals surface area contributed by atoms with Crippen LogP contribution < -0.4 is 4.73 Å². The van der Waals surface area contributed by atoms with Crippen molar-refractivity contribution >= 4 is 5.97 Å². The summed E-state index contributed by atoms with van der Waals surface area (Å²) in [6, 6.07) is 12.2. The molecule has 0 atom stereocenters. The first-order valence-electron chi connectivity index (χ1n) is 6.46. The number of hydrogen-bond acceptors (Lipinski definition) is 6. The number of esters is 1. The lowest BCUT2D eigenvalue weighted by molar-refractivity contribution is -0.605. The molecular weight excluding hydrogens is 286 g/mol. The second-order valence-electron chi connectivity index (χ2n) is 4.40. The third-order valence-corrected chi connectivity index (χ3v) is 2.83. The van der Waals surface area contributed by atoms with Gasteiger partial charge in [0.1, 0.15) is 5.56 Å². The van der Waals surface area contributed by atoms with Gasteiger partial charge in [-0.25, -0.2) is 4.79 Å². The van der Waals surface area contributed by atoms with Crippen molar-refractivity contribution in [1.82, 2.24) is 10.2 Å². The molecule has 2 aromatic heterocycles. The Bertz CT molecular complexity index is 786. The Labute approximate surface area is 125 Å². The van der Waals surface area contributed by atoms with Crippen LogP contribution in [0, 0.1) is 5.21 Å². The normalized spacial score (nSPS) is 10.4. The van der Waals surface area contributed by atoms with Gasteiger partial charge in [0, 0.05) is 11.6 Å². The minimum absolute atomic E-state index is 0.153. The average molecular weight is 297 g/mol. The molecule has 1 aromatic carbocycles. The summed E-state index contributed by atoms with van der Waals surface area (Å²) in [5.41, 5.74) is 0.934. The third-order valence-electron chi connectivity index (χ3n) is 2.83. The second kappa shape index (κ2) is 6.04. The van der Waals surface area contributed by atoms with E-state index < -0.39 is 5.97 Å². The van der Waals surface area contributed by atoms with Crippen LogP contribution in [-0.4, -0.2) is 16.2 Å². The largest absolute Gasteiger partial charge is 0.619 e. The molecule has 0 spiro atoms. The lowest BCUT2D eigenvalue weighted by atomic mass is 10.2. The molecule has 0 aliphatic rings. The monoisotopic (exact) mass is 297 g/mol. The number of carbonyl (C=O) groups excluding carboxylic acids is 1. The molecule has 0 aliphatic heterocycles. The molecule has 0 bridgehead atoms. The smallest absolute Gasteiger partial charge is 0.344 e. The quantitative estimate of drug-likeness (QED) is 0.413. The molecule has 0 amide bonds. The molecule has 0 aliphatic carbocycles. The van der Waals surface area contributed by atoms with Gasteiger partial charge >= 0.3 is 5.97 Å². The fourth-order valence-corrected chi connectivity index (χ4v) is 1.80. The Kier molecular flexibility index (Phi) is 3.78. The summed E-state index contributed by atoms with van der Waals surface area (Å²) in [5, 5.41) is 18.8. The van der Waals surface area contributed by atoms with Crippen LogP contribution in [0.1, 0.15) is 16.2 Å². The maximum atomic E-state index is 11.8. The van der Waals surface area contributed by atoms with E-state index in [0.717, 1.165) is 11.8 Å². The van der Waals surface area contributed by atoms with Gasteiger partial charge in [0.2, 0.25) is 5.89 Å². The van der Waals surface area contributed by atoms with Gasteiger partial charge in [-0.05, 0) is 18.2 Å². The van der Waals surface area contributed by atoms with E-state index in [1.54, 1.807) is 0 Å². The number of ether oxygens (including phenoxy) is 1. The molecule has 0 radical (unpaired) electrons. The Morgan fingerprint density at radius 1 is 1.18 bits per heavy atom. The van der Waals surface area contributed by atoms with Gasteiger partial charge in [-0.2, -0.15) is 4.73 Å². The number of hydrogen-bond donors (Lipinski definition) is 0. The number of pyridine rings is 1. The number of benzene rings is 1. The fourth-order valence-electron chi connectivity index (χ4n) is 1.80. The van der Waals surface area contributed by atoms with Crippen molar-refractivity contribution in [2.45, 2.75) is 6.61 Å². The molecule has 2 heterocycles. The van der Waals surface area contributed by atoms with Crippen LogP contribution in [0.15, 0.2) is 59.3 Å². The molecule has 0 fully saturated rings. The van der Waals surface area contributed by atoms with Crippen LogP contribution in [0.2, 0.25) is 0 Å². The standard InChI is InChI=1S/C15H11N3O4/c19-15(12-7-4-8-18(20)9-12)21-10-13-16-17-14(22-13)11-5-2-1-3-6-11/h1-9H,10H2. The molecule has 3 rings (SSSR count). The van der Waals surface area contributed by atoms with E-state index >= 15 is 0 Å². The second-order valence-corrected chi connectivity index (χ2v) is 4.40. The SMILES string of the molecule is O=C(OCc1nnc(-c2ccccc2)o1)c1ccc[n+]([O-])c1. The van der Waals surface area contributed by atoms with Crippen LogP contribution in [0.4, 0.5) is 0 Å². The summed E-state index contributed by atoms with van der Waals surface area (Å²) < 4.78 is 11.0. The van der Waals surface area contributed by atoms with Crippen LogP contribution in [0.3, 0.4) is 0 Å². The van der Waals surface area contributed by atoms with Gasteiger partial charge in [-0.1, -0.05) is 18.2 Å². The first-order chi connectivity index (χ1) is 10.7. The highest BCUT2D eigenvalue weighted by molar-refractivity contribution is 5.88. The van der Waals surface area contributed by atoms with Crippen molar-refractivity contribution in [3.8, 4) is 11.5 Å². The Morgan fingerprint density at radius 2 is 2.00 bits per heavy atom. The molecule has 0 saturated carbocycles. The van der Waals surface area contributed by atoms with Crippen molar-refractivity contribution < 1.29 is 18.7 Å². The number of aromatic nitrogens is 3. The lowest BCUT2D eigenvalue weighted by Crippen LogP contribution is -2.26. The van der Waals surface area contributed by atoms with Crippen molar-refractivity contribution in [3.63, 3.8) is 0 Å². The zero-order chi connectivity index (χ0) is 15.4. The van der Waals surface area contributed by atoms with E-state index in [4.69, 9.17) is 9.15 Å². The Morgan fingerprint density at radius 3 is 2.77 bits per heavy atom. The van der Waals surface area contributed by atoms with E-state index in [1.807, 2.05) is 30.3 Å². The summed E-state index contributed by atoms with van der Waals surface area (Å²) >= 11 is 0. The van der Waals surface area contributed by atoms with E-state index in [9.17, 15) is 10.0 Å². The number of carbonyl (C=O) groups is 1. The number of rotatable bonds is 4. The highest BCUT2D eigenvalue weighted by atomic mass is 16.5. The highest BCUT2D eigenvalue weighted by Crippen LogP contribution is 2.17. The summed E-state index contributed by atoms with van der Waals surface area (Å²) in [7, 11) is 0. The van der Waals surface area contributed by atoms with Crippen molar-refractivity contribution in [3.05, 3.63) is 71.5 Å². The third kappa shape index (κ3) is 3.09. The van der Waals surface area contributed by atoms with E-state index in [-0.39, 0.29) is 18.1 Å². The zero-order valence-electron chi connectivity index (χ0n) is 11.4. The molecule has 7 heteroatoms. The van der Waals surface area contributed by atoms with Crippen LogP contribution in [0.25, 0.3) is 11.5 Å². The number of nitrogens with zero attached hydrogens (tertiary/aromatic N) is 3. The lowest BCUT2D eigenvalue weighted by Gasteiger charge is -2.01. The maximum absolute atomic E-state index is 11.8. The summed E-state index contributed by atoms with van der Waals surface area (Å²) in [6.07, 6.45) is 2.41. The molecule has 0 saturated heterocycles. The summed E-state index contributed by atoms with van der Waals surface area (Å²) in [5.74, 6) is -0.105. The summed E-state index contributed by atoms with van der Waals surface area (Å²) in [6.45, 7) is -0.160. The molecule has 22 heavy (non-hydrogen) atoms. The minimum atomic E-state index is -0.635. The van der Waals surface area contributed by atoms with Crippen LogP contribution >= 0.6 is 0 Å². The van der Waals surface area contributed by atoms with Gasteiger partial charge in [-0.15, -0.1) is 10.2 Å². The van der Waals surface area contributed by atoms with Gasteiger partial charge in [0.25, 0.3) is 5.89 Å². The molecular formula is C15H11N3O4. The van der Waals surface area contributed by atoms with E-state index in [0.29, 0.717) is 10.6 Å². The molecule has 0 unspecified atom stereocenters. The van der Waals surface area contributed by atoms with Gasteiger partial charge in [0.05, 0.1) is 0 Å². The molecule has 7 nitrogen and oxygen atoms in total. The molecule has 110 valence electrons. The van der Waals surface area contributed by atoms with Gasteiger partial charge < -0.3 is 14.4 Å². The summed E-state index contributed by atoms with van der Waals surface area (Å²) in [4.78, 5) is 11.8. The first-order valence-corrected chi connectivity index (χ1v) is 6.46. The molecule has 0 N–H and O–H groups in total. The minimum Gasteiger partial charge on any atom is -0.619 e. The topological polar surface area (TPSA) is 92.2 Å². The average Bonchev–Trinajstić information content (AvgIpc) is 3.02. The van der Waals surface area contributed by atoms with Gasteiger partial charge in [-0.3, -0.25) is 0 Å². The zero-order valence-corrected chi connectivity index (χ0v) is 11.4. The maximum Gasteiger partial charge on any atom is 0.344 e. The van der Waals surface area contributed by atoms with Gasteiger partial charge in [0.15, 0.2) is 19.0 Å². The van der Waals surface area contributed by atoms with E-state index in [1.165, 1.54) is 18.3 Å². The van der Waals surface area contributed by atoms with Crippen molar-refractivity contribution in [2.75, 3.05) is 0 Å². The highest BCUT2D eigenvalue weighted by Gasteiger charge is 2.13. The predicted octanol–water partition coefficient (Wildman–Crippen LogP) is 1.73. The Hall–Kier alpha value is -3.22.